The highest BCUT2D eigenvalue weighted by Crippen LogP contribution is 2.20. The van der Waals surface area contributed by atoms with Crippen LogP contribution < -0.4 is 15.4 Å². The number of anilines is 1. The first kappa shape index (κ1) is 19.5. The topological polar surface area (TPSA) is 81.7 Å². The molecule has 1 saturated carbocycles. The molecule has 1 fully saturated rings. The number of methoxy groups -OCH3 is 1. The first-order valence-corrected chi connectivity index (χ1v) is 9.02. The van der Waals surface area contributed by atoms with Crippen molar-refractivity contribution in [3.63, 3.8) is 0 Å². The lowest BCUT2D eigenvalue weighted by Gasteiger charge is -2.21. The molecule has 1 aliphatic rings. The predicted octanol–water partition coefficient (Wildman–Crippen LogP) is 2.97. The van der Waals surface area contributed by atoms with Crippen LogP contribution in [0.15, 0.2) is 18.3 Å². The lowest BCUT2D eigenvalue weighted by atomic mass is 9.98. The van der Waals surface area contributed by atoms with E-state index in [1.54, 1.807) is 25.4 Å². The fourth-order valence-electron chi connectivity index (χ4n) is 2.70. The van der Waals surface area contributed by atoms with Gasteiger partial charge in [0.15, 0.2) is 0 Å². The lowest BCUT2D eigenvalue weighted by Crippen LogP contribution is -2.30. The van der Waals surface area contributed by atoms with Crippen LogP contribution in [0.4, 0.5) is 10.5 Å². The summed E-state index contributed by atoms with van der Waals surface area (Å²) in [6.45, 7) is 2.23. The van der Waals surface area contributed by atoms with Gasteiger partial charge in [-0.05, 0) is 25.3 Å². The molecular weight excluding hydrogens is 322 g/mol. The summed E-state index contributed by atoms with van der Waals surface area (Å²) in [6, 6.07) is 3.22. The minimum Gasteiger partial charge on any atom is -0.475 e. The Balaban J connectivity index is 1.55. The largest absolute Gasteiger partial charge is 0.475 e. The molecule has 1 aromatic heterocycles. The maximum Gasteiger partial charge on any atom is 0.319 e. The second kappa shape index (κ2) is 11.7. The van der Waals surface area contributed by atoms with E-state index in [4.69, 9.17) is 14.2 Å². The second-order valence-electron chi connectivity index (χ2n) is 6.09. The van der Waals surface area contributed by atoms with Gasteiger partial charge in [0.1, 0.15) is 6.61 Å². The molecule has 0 atom stereocenters. The number of nitrogens with zero attached hydrogens (tertiary/aromatic N) is 1. The number of aromatic nitrogens is 1. The van der Waals surface area contributed by atoms with Gasteiger partial charge in [-0.1, -0.05) is 19.3 Å². The quantitative estimate of drug-likeness (QED) is 0.633. The molecule has 0 aliphatic heterocycles. The molecule has 0 unspecified atom stereocenters. The number of carbonyl (C=O) groups excluding carboxylic acids is 1. The Morgan fingerprint density at radius 3 is 2.76 bits per heavy atom. The Kier molecular flexibility index (Phi) is 9.07. The van der Waals surface area contributed by atoms with Crippen LogP contribution in [0.1, 0.15) is 38.5 Å². The summed E-state index contributed by atoms with van der Waals surface area (Å²) in [4.78, 5) is 16.0. The van der Waals surface area contributed by atoms with Gasteiger partial charge in [0, 0.05) is 26.3 Å². The third-order valence-corrected chi connectivity index (χ3v) is 4.04. The molecule has 140 valence electrons. The molecule has 25 heavy (non-hydrogen) atoms. The highest BCUT2D eigenvalue weighted by molar-refractivity contribution is 5.88. The smallest absolute Gasteiger partial charge is 0.319 e. The molecule has 0 saturated heterocycles. The van der Waals surface area contributed by atoms with Gasteiger partial charge in [-0.2, -0.15) is 0 Å². The Labute approximate surface area is 149 Å². The van der Waals surface area contributed by atoms with Crippen molar-refractivity contribution >= 4 is 11.7 Å². The third kappa shape index (κ3) is 8.18. The summed E-state index contributed by atoms with van der Waals surface area (Å²) < 4.78 is 16.1. The number of ether oxygens (including phenoxy) is 3. The number of carbonyl (C=O) groups is 1. The SMILES string of the molecule is COCCOc1ccc(NC(=O)NCCCOC2CCCCC2)cn1. The molecule has 0 radical (unpaired) electrons. The van der Waals surface area contributed by atoms with Gasteiger partial charge in [-0.15, -0.1) is 0 Å². The summed E-state index contributed by atoms with van der Waals surface area (Å²) in [5.41, 5.74) is 0.620. The molecule has 0 spiro atoms. The van der Waals surface area contributed by atoms with Crippen LogP contribution in [0, 0.1) is 0 Å². The van der Waals surface area contributed by atoms with Crippen LogP contribution >= 0.6 is 0 Å². The molecule has 0 bridgehead atoms. The number of hydrogen-bond acceptors (Lipinski definition) is 5. The van der Waals surface area contributed by atoms with Crippen LogP contribution in [-0.4, -0.2) is 50.6 Å². The van der Waals surface area contributed by atoms with E-state index in [0.29, 0.717) is 44.0 Å². The molecular formula is C18H29N3O4. The summed E-state index contributed by atoms with van der Waals surface area (Å²) in [7, 11) is 1.62. The van der Waals surface area contributed by atoms with E-state index in [0.717, 1.165) is 6.42 Å². The zero-order valence-electron chi connectivity index (χ0n) is 15.0. The zero-order valence-corrected chi connectivity index (χ0v) is 15.0. The molecule has 2 N–H and O–H groups in total. The highest BCUT2D eigenvalue weighted by atomic mass is 16.5. The van der Waals surface area contributed by atoms with Crippen LogP contribution in [0.5, 0.6) is 5.88 Å². The van der Waals surface area contributed by atoms with Crippen molar-refractivity contribution in [2.24, 2.45) is 0 Å². The summed E-state index contributed by atoms with van der Waals surface area (Å²) in [5.74, 6) is 0.503. The number of rotatable bonds is 10. The summed E-state index contributed by atoms with van der Waals surface area (Å²) >= 11 is 0. The molecule has 1 aromatic rings. The summed E-state index contributed by atoms with van der Waals surface area (Å²) in [5, 5.41) is 5.56. The van der Waals surface area contributed by atoms with Crippen LogP contribution in [0.2, 0.25) is 0 Å². The van der Waals surface area contributed by atoms with E-state index in [2.05, 4.69) is 15.6 Å². The monoisotopic (exact) mass is 351 g/mol. The fourth-order valence-corrected chi connectivity index (χ4v) is 2.70. The van der Waals surface area contributed by atoms with E-state index >= 15 is 0 Å². The van der Waals surface area contributed by atoms with Crippen molar-refractivity contribution in [2.75, 3.05) is 38.8 Å². The van der Waals surface area contributed by atoms with Gasteiger partial charge in [-0.3, -0.25) is 0 Å². The van der Waals surface area contributed by atoms with Crippen molar-refractivity contribution in [1.29, 1.82) is 0 Å². The van der Waals surface area contributed by atoms with Gasteiger partial charge >= 0.3 is 6.03 Å². The molecule has 2 rings (SSSR count). The summed E-state index contributed by atoms with van der Waals surface area (Å²) in [6.07, 6.45) is 9.01. The first-order valence-electron chi connectivity index (χ1n) is 9.02. The average molecular weight is 351 g/mol. The molecule has 1 aliphatic carbocycles. The van der Waals surface area contributed by atoms with Gasteiger partial charge in [-0.25, -0.2) is 9.78 Å². The normalized spacial score (nSPS) is 14.9. The van der Waals surface area contributed by atoms with E-state index in [-0.39, 0.29) is 6.03 Å². The molecule has 0 aromatic carbocycles. The van der Waals surface area contributed by atoms with Crippen molar-refractivity contribution in [1.82, 2.24) is 10.3 Å². The van der Waals surface area contributed by atoms with Gasteiger partial charge in [0.2, 0.25) is 5.88 Å². The van der Waals surface area contributed by atoms with Gasteiger partial charge < -0.3 is 24.8 Å². The number of hydrogen-bond donors (Lipinski definition) is 2. The molecule has 1 heterocycles. The van der Waals surface area contributed by atoms with E-state index in [9.17, 15) is 4.79 Å². The van der Waals surface area contributed by atoms with E-state index in [1.807, 2.05) is 0 Å². The number of amides is 2. The van der Waals surface area contributed by atoms with E-state index < -0.39 is 0 Å². The predicted molar refractivity (Wildman–Crippen MR) is 96.1 cm³/mol. The maximum absolute atomic E-state index is 11.8. The molecule has 2 amide bonds. The third-order valence-electron chi connectivity index (χ3n) is 4.04. The standard InChI is InChI=1S/C18H29N3O4/c1-23-12-13-25-17-9-8-15(14-20-17)21-18(22)19-10-5-11-24-16-6-3-2-4-7-16/h8-9,14,16H,2-7,10-13H2,1H3,(H2,19,21,22). The van der Waals surface area contributed by atoms with Gasteiger partial charge in [0.05, 0.1) is 24.6 Å². The average Bonchev–Trinajstić information content (AvgIpc) is 2.64. The first-order chi connectivity index (χ1) is 12.3. The number of pyridine rings is 1. The van der Waals surface area contributed by atoms with Crippen molar-refractivity contribution in [3.8, 4) is 5.88 Å². The maximum atomic E-state index is 11.8. The van der Waals surface area contributed by atoms with Gasteiger partial charge in [0.25, 0.3) is 0 Å². The Hall–Kier alpha value is -1.86. The Morgan fingerprint density at radius 1 is 1.20 bits per heavy atom. The minimum absolute atomic E-state index is 0.243. The molecule has 7 nitrogen and oxygen atoms in total. The number of nitrogens with one attached hydrogen (secondary N) is 2. The van der Waals surface area contributed by atoms with E-state index in [1.165, 1.54) is 32.1 Å². The van der Waals surface area contributed by atoms with Crippen molar-refractivity contribution in [3.05, 3.63) is 18.3 Å². The number of urea groups is 1. The van der Waals surface area contributed by atoms with Crippen LogP contribution in [0.25, 0.3) is 0 Å². The van der Waals surface area contributed by atoms with Crippen LogP contribution in [0.3, 0.4) is 0 Å². The zero-order chi connectivity index (χ0) is 17.7. The minimum atomic E-state index is -0.243. The fraction of sp³-hybridized carbons (Fsp3) is 0.667. The lowest BCUT2D eigenvalue weighted by molar-refractivity contribution is 0.0276. The molecule has 7 heteroatoms. The second-order valence-corrected chi connectivity index (χ2v) is 6.09. The Bertz CT molecular complexity index is 490. The highest BCUT2D eigenvalue weighted by Gasteiger charge is 2.13. The van der Waals surface area contributed by atoms with Crippen molar-refractivity contribution < 1.29 is 19.0 Å². The van der Waals surface area contributed by atoms with Crippen molar-refractivity contribution in [2.45, 2.75) is 44.6 Å². The van der Waals surface area contributed by atoms with Crippen LogP contribution in [-0.2, 0) is 9.47 Å². The Morgan fingerprint density at radius 2 is 2.04 bits per heavy atom.